The summed E-state index contributed by atoms with van der Waals surface area (Å²) in [7, 11) is -3.52. The van der Waals surface area contributed by atoms with E-state index in [1.807, 2.05) is 0 Å². The van der Waals surface area contributed by atoms with Gasteiger partial charge in [0, 0.05) is 38.0 Å². The van der Waals surface area contributed by atoms with E-state index in [0.29, 0.717) is 44.9 Å². The van der Waals surface area contributed by atoms with Crippen molar-refractivity contribution in [1.29, 1.82) is 0 Å². The van der Waals surface area contributed by atoms with Gasteiger partial charge in [-0.05, 0) is 6.92 Å². The van der Waals surface area contributed by atoms with Crippen LogP contribution < -0.4 is 4.72 Å². The van der Waals surface area contributed by atoms with Gasteiger partial charge in [0.2, 0.25) is 0 Å². The van der Waals surface area contributed by atoms with Crippen LogP contribution in [0.15, 0.2) is 10.7 Å². The molecule has 1 aromatic rings. The Hall–Kier alpha value is -1.00. The molecule has 8 nitrogen and oxygen atoms in total. The number of hydrogen-bond acceptors (Lipinski definition) is 6. The van der Waals surface area contributed by atoms with Crippen LogP contribution in [0, 0.1) is 6.92 Å². The Morgan fingerprint density at radius 2 is 2.00 bits per heavy atom. The molecule has 0 atom stereocenters. The van der Waals surface area contributed by atoms with Gasteiger partial charge in [0.15, 0.2) is 5.79 Å². The van der Waals surface area contributed by atoms with E-state index in [4.69, 9.17) is 14.0 Å². The van der Waals surface area contributed by atoms with Crippen LogP contribution in [-0.4, -0.2) is 50.0 Å². The van der Waals surface area contributed by atoms with Crippen molar-refractivity contribution in [3.05, 3.63) is 17.5 Å². The van der Waals surface area contributed by atoms with Gasteiger partial charge in [0.05, 0.1) is 19.4 Å². The van der Waals surface area contributed by atoms with Crippen molar-refractivity contribution >= 4 is 10.2 Å². The molecule has 3 heterocycles. The molecule has 0 unspecified atom stereocenters. The summed E-state index contributed by atoms with van der Waals surface area (Å²) in [5.74, 6) is 0.0416. The zero-order chi connectivity index (χ0) is 14.9. The predicted octanol–water partition coefficient (Wildman–Crippen LogP) is 0.156. The lowest BCUT2D eigenvalue weighted by Gasteiger charge is -2.36. The second kappa shape index (κ2) is 5.65. The molecule has 2 aliphatic rings. The van der Waals surface area contributed by atoms with Crippen molar-refractivity contribution in [3.8, 4) is 0 Å². The maximum absolute atomic E-state index is 12.3. The Bertz CT molecular complexity index is 584. The largest absolute Gasteiger partial charge is 0.361 e. The Kier molecular flexibility index (Phi) is 4.02. The summed E-state index contributed by atoms with van der Waals surface area (Å²) in [5, 5.41) is 3.63. The van der Waals surface area contributed by atoms with Gasteiger partial charge in [-0.25, -0.2) is 0 Å². The molecule has 2 aliphatic heterocycles. The Labute approximate surface area is 123 Å². The zero-order valence-corrected chi connectivity index (χ0v) is 12.7. The van der Waals surface area contributed by atoms with Crippen LogP contribution >= 0.6 is 0 Å². The minimum atomic E-state index is -3.52. The molecule has 1 aromatic heterocycles. The Morgan fingerprint density at radius 1 is 1.33 bits per heavy atom. The molecule has 0 radical (unpaired) electrons. The molecule has 3 rings (SSSR count). The maximum Gasteiger partial charge on any atom is 0.279 e. The lowest BCUT2D eigenvalue weighted by molar-refractivity contribution is -0.179. The van der Waals surface area contributed by atoms with E-state index in [-0.39, 0.29) is 6.54 Å². The number of hydrogen-bond donors (Lipinski definition) is 1. The number of aromatic nitrogens is 1. The molecular formula is C12H19N3O5S. The van der Waals surface area contributed by atoms with Crippen molar-refractivity contribution in [2.45, 2.75) is 32.1 Å². The van der Waals surface area contributed by atoms with Crippen molar-refractivity contribution in [1.82, 2.24) is 14.2 Å². The normalized spacial score (nSPS) is 22.9. The molecule has 0 bridgehead atoms. The van der Waals surface area contributed by atoms with Gasteiger partial charge < -0.3 is 14.0 Å². The van der Waals surface area contributed by atoms with Gasteiger partial charge in [0.25, 0.3) is 10.2 Å². The van der Waals surface area contributed by atoms with E-state index in [0.717, 1.165) is 5.56 Å². The molecule has 118 valence electrons. The first-order valence-corrected chi connectivity index (χ1v) is 8.38. The third-order valence-corrected chi connectivity index (χ3v) is 5.49. The second-order valence-corrected chi connectivity index (χ2v) is 7.00. The lowest BCUT2D eigenvalue weighted by atomic mass is 10.1. The minimum Gasteiger partial charge on any atom is -0.361 e. The number of piperidine rings is 1. The molecule has 21 heavy (non-hydrogen) atoms. The van der Waals surface area contributed by atoms with E-state index in [2.05, 4.69) is 9.88 Å². The van der Waals surface area contributed by atoms with Gasteiger partial charge in [0.1, 0.15) is 5.76 Å². The fourth-order valence-electron chi connectivity index (χ4n) is 2.60. The summed E-state index contributed by atoms with van der Waals surface area (Å²) in [6.07, 6.45) is 2.63. The highest BCUT2D eigenvalue weighted by Crippen LogP contribution is 2.31. The monoisotopic (exact) mass is 317 g/mol. The van der Waals surface area contributed by atoms with Crippen LogP contribution in [0.4, 0.5) is 0 Å². The van der Waals surface area contributed by atoms with Crippen molar-refractivity contribution < 1.29 is 22.4 Å². The molecular weight excluding hydrogens is 298 g/mol. The number of nitrogens with zero attached hydrogens (tertiary/aromatic N) is 2. The fraction of sp³-hybridized carbons (Fsp3) is 0.750. The van der Waals surface area contributed by atoms with Crippen molar-refractivity contribution in [2.75, 3.05) is 26.3 Å². The first-order chi connectivity index (χ1) is 10.0. The summed E-state index contributed by atoms with van der Waals surface area (Å²) in [5.41, 5.74) is 0.731. The van der Waals surface area contributed by atoms with E-state index in [9.17, 15) is 8.42 Å². The third-order valence-electron chi connectivity index (χ3n) is 3.93. The topological polar surface area (TPSA) is 93.9 Å². The minimum absolute atomic E-state index is 0.173. The highest BCUT2D eigenvalue weighted by molar-refractivity contribution is 7.87. The first kappa shape index (κ1) is 14.9. The number of rotatable bonds is 4. The molecule has 2 fully saturated rings. The maximum atomic E-state index is 12.3. The number of ether oxygens (including phenoxy) is 2. The molecule has 0 aromatic carbocycles. The van der Waals surface area contributed by atoms with E-state index in [1.165, 1.54) is 10.5 Å². The average molecular weight is 317 g/mol. The molecule has 2 saturated heterocycles. The van der Waals surface area contributed by atoms with E-state index in [1.54, 1.807) is 6.92 Å². The van der Waals surface area contributed by atoms with E-state index >= 15 is 0 Å². The summed E-state index contributed by atoms with van der Waals surface area (Å²) >= 11 is 0. The molecule has 0 amide bonds. The predicted molar refractivity (Wildman–Crippen MR) is 72.4 cm³/mol. The molecule has 9 heteroatoms. The summed E-state index contributed by atoms with van der Waals surface area (Å²) in [6.45, 7) is 3.85. The second-order valence-electron chi connectivity index (χ2n) is 5.24. The lowest BCUT2D eigenvalue weighted by Crippen LogP contribution is -2.50. The van der Waals surface area contributed by atoms with Crippen molar-refractivity contribution in [3.63, 3.8) is 0 Å². The van der Waals surface area contributed by atoms with Crippen LogP contribution in [0.1, 0.15) is 24.2 Å². The first-order valence-electron chi connectivity index (χ1n) is 6.94. The van der Waals surface area contributed by atoms with Gasteiger partial charge >= 0.3 is 0 Å². The third kappa shape index (κ3) is 3.11. The smallest absolute Gasteiger partial charge is 0.279 e. The van der Waals surface area contributed by atoms with Crippen molar-refractivity contribution in [2.24, 2.45) is 0 Å². The number of nitrogens with one attached hydrogen (secondary N) is 1. The van der Waals surface area contributed by atoms with Crippen LogP contribution in [0.2, 0.25) is 0 Å². The average Bonchev–Trinajstić information content (AvgIpc) is 3.07. The molecule has 1 N–H and O–H groups in total. The SMILES string of the molecule is Cc1oncc1CNS(=O)(=O)N1CCC2(CC1)OCCO2. The van der Waals surface area contributed by atoms with Gasteiger partial charge in [-0.15, -0.1) is 0 Å². The van der Waals surface area contributed by atoms with Gasteiger partial charge in [-0.3, -0.25) is 0 Å². The molecule has 0 aliphatic carbocycles. The van der Waals surface area contributed by atoms with Crippen LogP contribution in [0.3, 0.4) is 0 Å². The highest BCUT2D eigenvalue weighted by atomic mass is 32.2. The Balaban J connectivity index is 1.57. The Morgan fingerprint density at radius 3 is 2.57 bits per heavy atom. The standard InChI is InChI=1S/C12H19N3O5S/c1-10-11(8-13-20-10)9-14-21(16,17)15-4-2-12(3-5-15)18-6-7-19-12/h8,14H,2-7,9H2,1H3. The molecule has 1 spiro atoms. The summed E-state index contributed by atoms with van der Waals surface area (Å²) in [6, 6.07) is 0. The highest BCUT2D eigenvalue weighted by Gasteiger charge is 2.42. The van der Waals surface area contributed by atoms with Crippen LogP contribution in [0.5, 0.6) is 0 Å². The van der Waals surface area contributed by atoms with E-state index < -0.39 is 16.0 Å². The number of aryl methyl sites for hydroxylation is 1. The molecule has 0 saturated carbocycles. The van der Waals surface area contributed by atoms with Crippen LogP contribution in [0.25, 0.3) is 0 Å². The summed E-state index contributed by atoms with van der Waals surface area (Å²) in [4.78, 5) is 0. The fourth-order valence-corrected chi connectivity index (χ4v) is 3.79. The summed E-state index contributed by atoms with van der Waals surface area (Å²) < 4.78 is 44.6. The van der Waals surface area contributed by atoms with Crippen LogP contribution in [-0.2, 0) is 26.2 Å². The zero-order valence-electron chi connectivity index (χ0n) is 11.9. The van der Waals surface area contributed by atoms with Gasteiger partial charge in [-0.1, -0.05) is 5.16 Å². The quantitative estimate of drug-likeness (QED) is 0.850. The van der Waals surface area contributed by atoms with Gasteiger partial charge in [-0.2, -0.15) is 17.4 Å².